The molecule has 2 rings (SSSR count). The summed E-state index contributed by atoms with van der Waals surface area (Å²) in [7, 11) is 0. The summed E-state index contributed by atoms with van der Waals surface area (Å²) < 4.78 is 26.4. The smallest absolute Gasteiger partial charge is 0.197 e. The Morgan fingerprint density at radius 2 is 1.94 bits per heavy atom. The third-order valence-corrected chi connectivity index (χ3v) is 2.33. The molecule has 0 radical (unpaired) electrons. The number of pyridine rings is 1. The predicted molar refractivity (Wildman–Crippen MR) is 58.8 cm³/mol. The maximum Gasteiger partial charge on any atom is 0.197 e. The summed E-state index contributed by atoms with van der Waals surface area (Å²) in [5, 5.41) is 0. The summed E-state index contributed by atoms with van der Waals surface area (Å²) in [6.07, 6.45) is 2.20. The molecule has 0 aliphatic rings. The van der Waals surface area contributed by atoms with Crippen LogP contribution in [0.15, 0.2) is 36.7 Å². The minimum Gasteiger partial charge on any atom is -0.288 e. The van der Waals surface area contributed by atoms with Crippen LogP contribution in [0.4, 0.5) is 8.78 Å². The summed E-state index contributed by atoms with van der Waals surface area (Å²) in [5.74, 6) is -1.81. The number of rotatable bonds is 2. The van der Waals surface area contributed by atoms with Gasteiger partial charge in [0.15, 0.2) is 5.78 Å². The van der Waals surface area contributed by atoms with Gasteiger partial charge in [0, 0.05) is 11.8 Å². The van der Waals surface area contributed by atoms with Crippen LogP contribution in [0.3, 0.4) is 0 Å². The normalized spacial score (nSPS) is 10.3. The predicted octanol–water partition coefficient (Wildman–Crippen LogP) is 2.90. The van der Waals surface area contributed by atoms with Crippen molar-refractivity contribution < 1.29 is 13.6 Å². The topological polar surface area (TPSA) is 30.0 Å². The summed E-state index contributed by atoms with van der Waals surface area (Å²) in [6, 6.07) is 5.25. The van der Waals surface area contributed by atoms with E-state index in [0.717, 1.165) is 17.8 Å². The monoisotopic (exact) mass is 233 g/mol. The van der Waals surface area contributed by atoms with Crippen LogP contribution in [0.2, 0.25) is 0 Å². The maximum absolute atomic E-state index is 13.5. The number of carbonyl (C=O) groups excluding carboxylic acids is 1. The van der Waals surface area contributed by atoms with E-state index >= 15 is 0 Å². The van der Waals surface area contributed by atoms with Gasteiger partial charge in [-0.25, -0.2) is 8.78 Å². The van der Waals surface area contributed by atoms with Crippen molar-refractivity contribution in [2.24, 2.45) is 0 Å². The van der Waals surface area contributed by atoms with Gasteiger partial charge in [0.05, 0.1) is 11.8 Å². The van der Waals surface area contributed by atoms with E-state index in [4.69, 9.17) is 0 Å². The van der Waals surface area contributed by atoms with E-state index in [9.17, 15) is 13.6 Å². The van der Waals surface area contributed by atoms with Crippen molar-refractivity contribution in [3.63, 3.8) is 0 Å². The first-order valence-corrected chi connectivity index (χ1v) is 4.99. The van der Waals surface area contributed by atoms with E-state index < -0.39 is 17.4 Å². The second kappa shape index (κ2) is 4.41. The molecule has 0 aliphatic heterocycles. The minimum atomic E-state index is -0.621. The SMILES string of the molecule is Cc1ccc(F)c(C(=O)c2cncc(F)c2)c1. The van der Waals surface area contributed by atoms with Gasteiger partial charge < -0.3 is 0 Å². The number of aryl methyl sites for hydroxylation is 1. The van der Waals surface area contributed by atoms with Gasteiger partial charge in [0.25, 0.3) is 0 Å². The molecule has 0 N–H and O–H groups in total. The van der Waals surface area contributed by atoms with Crippen molar-refractivity contribution in [1.29, 1.82) is 0 Å². The number of hydrogen-bond donors (Lipinski definition) is 0. The van der Waals surface area contributed by atoms with Crippen molar-refractivity contribution in [3.8, 4) is 0 Å². The summed E-state index contributed by atoms with van der Waals surface area (Å²) in [5.41, 5.74) is 0.728. The fourth-order valence-corrected chi connectivity index (χ4v) is 1.50. The Hall–Kier alpha value is -2.10. The van der Waals surface area contributed by atoms with Gasteiger partial charge in [-0.3, -0.25) is 9.78 Å². The van der Waals surface area contributed by atoms with E-state index in [1.165, 1.54) is 18.3 Å². The van der Waals surface area contributed by atoms with Crippen LogP contribution < -0.4 is 0 Å². The molecular formula is C13H9F2NO. The molecule has 0 saturated carbocycles. The molecule has 0 bridgehead atoms. The highest BCUT2D eigenvalue weighted by molar-refractivity contribution is 6.09. The maximum atomic E-state index is 13.5. The fourth-order valence-electron chi connectivity index (χ4n) is 1.50. The van der Waals surface area contributed by atoms with E-state index in [1.54, 1.807) is 13.0 Å². The third-order valence-electron chi connectivity index (χ3n) is 2.33. The highest BCUT2D eigenvalue weighted by Gasteiger charge is 2.14. The Balaban J connectivity index is 2.47. The molecule has 1 heterocycles. The lowest BCUT2D eigenvalue weighted by Crippen LogP contribution is -2.05. The van der Waals surface area contributed by atoms with Gasteiger partial charge in [-0.15, -0.1) is 0 Å². The van der Waals surface area contributed by atoms with Crippen LogP contribution in [0.1, 0.15) is 21.5 Å². The molecule has 4 heteroatoms. The first-order valence-electron chi connectivity index (χ1n) is 4.99. The summed E-state index contributed by atoms with van der Waals surface area (Å²) >= 11 is 0. The van der Waals surface area contributed by atoms with E-state index in [1.807, 2.05) is 0 Å². The van der Waals surface area contributed by atoms with Crippen LogP contribution in [0.5, 0.6) is 0 Å². The van der Waals surface area contributed by atoms with Gasteiger partial charge in [-0.2, -0.15) is 0 Å². The first kappa shape index (κ1) is 11.4. The lowest BCUT2D eigenvalue weighted by molar-refractivity contribution is 0.103. The fraction of sp³-hybridized carbons (Fsp3) is 0.0769. The molecule has 0 amide bonds. The van der Waals surface area contributed by atoms with Gasteiger partial charge in [-0.1, -0.05) is 11.6 Å². The van der Waals surface area contributed by atoms with E-state index in [-0.39, 0.29) is 11.1 Å². The number of ketones is 1. The molecule has 86 valence electrons. The lowest BCUT2D eigenvalue weighted by atomic mass is 10.0. The standard InChI is InChI=1S/C13H9F2NO/c1-8-2-3-12(15)11(4-8)13(17)9-5-10(14)7-16-6-9/h2-7H,1H3. The van der Waals surface area contributed by atoms with Crippen LogP contribution in [0.25, 0.3) is 0 Å². The average molecular weight is 233 g/mol. The van der Waals surface area contributed by atoms with Crippen molar-refractivity contribution >= 4 is 5.78 Å². The number of benzene rings is 1. The number of nitrogens with zero attached hydrogens (tertiary/aromatic N) is 1. The molecule has 0 fully saturated rings. The summed E-state index contributed by atoms with van der Waals surface area (Å²) in [6.45, 7) is 1.75. The number of halogens is 2. The molecule has 0 aliphatic carbocycles. The third kappa shape index (κ3) is 2.36. The van der Waals surface area contributed by atoms with E-state index in [2.05, 4.69) is 4.98 Å². The zero-order valence-electron chi connectivity index (χ0n) is 9.08. The summed E-state index contributed by atoms with van der Waals surface area (Å²) in [4.78, 5) is 15.5. The van der Waals surface area contributed by atoms with Crippen LogP contribution in [-0.4, -0.2) is 10.8 Å². The zero-order valence-corrected chi connectivity index (χ0v) is 9.08. The minimum absolute atomic E-state index is 0.0366. The Labute approximate surface area is 96.9 Å². The Morgan fingerprint density at radius 3 is 2.65 bits per heavy atom. The Morgan fingerprint density at radius 1 is 1.18 bits per heavy atom. The molecule has 0 saturated heterocycles. The van der Waals surface area contributed by atoms with Gasteiger partial charge in [0.2, 0.25) is 0 Å². The van der Waals surface area contributed by atoms with Crippen molar-refractivity contribution in [2.75, 3.05) is 0 Å². The van der Waals surface area contributed by atoms with Crippen molar-refractivity contribution in [1.82, 2.24) is 4.98 Å². The van der Waals surface area contributed by atoms with Gasteiger partial charge >= 0.3 is 0 Å². The van der Waals surface area contributed by atoms with Crippen LogP contribution in [0, 0.1) is 18.6 Å². The zero-order chi connectivity index (χ0) is 12.4. The van der Waals surface area contributed by atoms with E-state index in [0.29, 0.717) is 0 Å². The van der Waals surface area contributed by atoms with Gasteiger partial charge in [-0.05, 0) is 25.1 Å². The highest BCUT2D eigenvalue weighted by Crippen LogP contribution is 2.15. The van der Waals surface area contributed by atoms with Crippen LogP contribution in [-0.2, 0) is 0 Å². The molecule has 2 aromatic rings. The average Bonchev–Trinajstić information content (AvgIpc) is 2.31. The molecule has 17 heavy (non-hydrogen) atoms. The highest BCUT2D eigenvalue weighted by atomic mass is 19.1. The molecular weight excluding hydrogens is 224 g/mol. The molecule has 2 nitrogen and oxygen atoms in total. The Kier molecular flexibility index (Phi) is 2.95. The van der Waals surface area contributed by atoms with Crippen molar-refractivity contribution in [2.45, 2.75) is 6.92 Å². The quantitative estimate of drug-likeness (QED) is 0.746. The molecule has 1 aromatic carbocycles. The second-order valence-electron chi connectivity index (χ2n) is 3.70. The molecule has 0 atom stereocenters. The molecule has 0 spiro atoms. The Bertz CT molecular complexity index is 581. The largest absolute Gasteiger partial charge is 0.288 e. The first-order chi connectivity index (χ1) is 8.08. The lowest BCUT2D eigenvalue weighted by Gasteiger charge is -2.03. The number of hydrogen-bond acceptors (Lipinski definition) is 2. The molecule has 1 aromatic heterocycles. The molecule has 0 unspecified atom stereocenters. The number of carbonyl (C=O) groups is 1. The van der Waals surface area contributed by atoms with Crippen LogP contribution >= 0.6 is 0 Å². The number of aromatic nitrogens is 1. The van der Waals surface area contributed by atoms with Gasteiger partial charge in [0.1, 0.15) is 11.6 Å². The van der Waals surface area contributed by atoms with Crippen molar-refractivity contribution in [3.05, 3.63) is 65.0 Å². The second-order valence-corrected chi connectivity index (χ2v) is 3.70.